The van der Waals surface area contributed by atoms with Crippen molar-refractivity contribution in [2.45, 2.75) is 37.8 Å². The lowest BCUT2D eigenvalue weighted by Crippen LogP contribution is -2.52. The number of carbonyl (C=O) groups excluding carboxylic acids is 1. The summed E-state index contributed by atoms with van der Waals surface area (Å²) in [6.07, 6.45) is 1.04. The highest BCUT2D eigenvalue weighted by Gasteiger charge is 2.47. The minimum atomic E-state index is -0.659. The van der Waals surface area contributed by atoms with Crippen LogP contribution >= 0.6 is 0 Å². The number of aromatic nitrogens is 1. The second kappa shape index (κ2) is 6.24. The zero-order valence-corrected chi connectivity index (χ0v) is 15.4. The van der Waals surface area contributed by atoms with E-state index in [2.05, 4.69) is 35.3 Å². The quantitative estimate of drug-likeness (QED) is 0.731. The van der Waals surface area contributed by atoms with Gasteiger partial charge in [-0.05, 0) is 37.0 Å². The van der Waals surface area contributed by atoms with E-state index >= 15 is 0 Å². The van der Waals surface area contributed by atoms with Crippen molar-refractivity contribution in [1.29, 1.82) is 0 Å². The maximum absolute atomic E-state index is 13.4. The van der Waals surface area contributed by atoms with Crippen LogP contribution in [-0.2, 0) is 11.2 Å². The Kier molecular flexibility index (Phi) is 3.83. The number of aromatic amines is 1. The normalized spacial score (nSPS) is 25.9. The Balaban J connectivity index is 1.62. The van der Waals surface area contributed by atoms with Gasteiger partial charge in [-0.1, -0.05) is 48.5 Å². The minimum absolute atomic E-state index is 0.0253. The summed E-state index contributed by atoms with van der Waals surface area (Å²) in [5, 5.41) is 11.7. The van der Waals surface area contributed by atoms with Gasteiger partial charge in [-0.3, -0.25) is 4.79 Å². The number of amides is 1. The van der Waals surface area contributed by atoms with E-state index in [1.165, 1.54) is 16.6 Å². The molecule has 1 aromatic heterocycles. The molecule has 2 N–H and O–H groups in total. The van der Waals surface area contributed by atoms with Crippen molar-refractivity contribution in [1.82, 2.24) is 9.88 Å². The molecule has 2 aliphatic heterocycles. The first-order valence-electron chi connectivity index (χ1n) is 9.78. The molecule has 0 radical (unpaired) electrons. The number of nitrogens with zero attached hydrogens (tertiary/aromatic N) is 1. The van der Waals surface area contributed by atoms with Gasteiger partial charge in [-0.2, -0.15) is 0 Å². The number of fused-ring (bicyclic) bond motifs is 5. The van der Waals surface area contributed by atoms with Crippen LogP contribution < -0.4 is 0 Å². The van der Waals surface area contributed by atoms with Gasteiger partial charge in [0.2, 0.25) is 5.91 Å². The van der Waals surface area contributed by atoms with E-state index in [0.29, 0.717) is 0 Å². The van der Waals surface area contributed by atoms with Gasteiger partial charge in [-0.25, -0.2) is 0 Å². The van der Waals surface area contributed by atoms with Crippen molar-refractivity contribution in [3.63, 3.8) is 0 Å². The molecule has 3 aromatic rings. The fraction of sp³-hybridized carbons (Fsp3) is 0.348. The number of hydrogen-bond donors (Lipinski definition) is 2. The number of aliphatic hydroxyl groups is 1. The number of carbonyl (C=O) groups is 1. The zero-order valence-electron chi connectivity index (χ0n) is 15.4. The van der Waals surface area contributed by atoms with Gasteiger partial charge in [0.05, 0.1) is 18.1 Å². The Hall–Kier alpha value is -2.59. The predicted octanol–water partition coefficient (Wildman–Crippen LogP) is 3.78. The standard InChI is InChI=1S/C23H24N2O2/c1-14(26)21-18(15-7-3-2-4-8-15)13-20-22-17(11-12-25(20)23(21)27)16-9-5-6-10-19(16)24-22/h2-10,14,18,20-21,24,26H,11-13H2,1H3/t14?,18-,20-,21?/m0/s1. The molecule has 4 nitrogen and oxygen atoms in total. The smallest absolute Gasteiger partial charge is 0.229 e. The highest BCUT2D eigenvalue weighted by atomic mass is 16.3. The molecule has 5 rings (SSSR count). The summed E-state index contributed by atoms with van der Waals surface area (Å²) in [5.74, 6) is -0.272. The average molecular weight is 360 g/mol. The number of hydrogen-bond acceptors (Lipinski definition) is 2. The second-order valence-corrected chi connectivity index (χ2v) is 7.88. The molecule has 2 unspecified atom stereocenters. The first-order chi connectivity index (χ1) is 13.1. The molecular formula is C23H24N2O2. The number of aliphatic hydroxyl groups excluding tert-OH is 1. The molecule has 0 bridgehead atoms. The summed E-state index contributed by atoms with van der Waals surface area (Å²) < 4.78 is 0. The number of rotatable bonds is 2. The van der Waals surface area contributed by atoms with E-state index in [0.717, 1.165) is 30.5 Å². The molecule has 2 aliphatic rings. The van der Waals surface area contributed by atoms with Gasteiger partial charge >= 0.3 is 0 Å². The van der Waals surface area contributed by atoms with Gasteiger partial charge in [0, 0.05) is 29.1 Å². The van der Waals surface area contributed by atoms with E-state index in [9.17, 15) is 9.90 Å². The number of nitrogens with one attached hydrogen (secondary N) is 1. The number of piperidine rings is 1. The van der Waals surface area contributed by atoms with Crippen molar-refractivity contribution in [3.05, 3.63) is 71.4 Å². The molecule has 4 atom stereocenters. The maximum atomic E-state index is 13.4. The lowest BCUT2D eigenvalue weighted by atomic mass is 9.73. The number of para-hydroxylation sites is 1. The Bertz CT molecular complexity index is 992. The fourth-order valence-electron chi connectivity index (χ4n) is 5.16. The Morgan fingerprint density at radius 2 is 1.85 bits per heavy atom. The van der Waals surface area contributed by atoms with Crippen LogP contribution in [0.2, 0.25) is 0 Å². The third kappa shape index (κ3) is 2.51. The summed E-state index contributed by atoms with van der Waals surface area (Å²) in [6, 6.07) is 18.6. The van der Waals surface area contributed by atoms with Crippen molar-refractivity contribution in [2.24, 2.45) is 5.92 Å². The van der Waals surface area contributed by atoms with Crippen LogP contribution in [0.3, 0.4) is 0 Å². The first-order valence-corrected chi connectivity index (χ1v) is 9.78. The Labute approximate surface area is 158 Å². The predicted molar refractivity (Wildman–Crippen MR) is 105 cm³/mol. The molecule has 2 aromatic carbocycles. The SMILES string of the molecule is CC(O)C1C(=O)N2CCc3c([nH]c4ccccc34)[C@@H]2C[C@H]1c1ccccc1. The van der Waals surface area contributed by atoms with E-state index in [1.54, 1.807) is 6.92 Å². The molecule has 0 saturated carbocycles. The van der Waals surface area contributed by atoms with Gasteiger partial charge in [0.25, 0.3) is 0 Å². The van der Waals surface area contributed by atoms with Crippen LogP contribution in [0.4, 0.5) is 0 Å². The second-order valence-electron chi connectivity index (χ2n) is 7.88. The molecule has 4 heteroatoms. The summed E-state index contributed by atoms with van der Waals surface area (Å²) in [7, 11) is 0. The zero-order chi connectivity index (χ0) is 18.5. The number of H-pyrrole nitrogens is 1. The van der Waals surface area contributed by atoms with Gasteiger partial charge in [-0.15, -0.1) is 0 Å². The van der Waals surface area contributed by atoms with Crippen molar-refractivity contribution in [2.75, 3.05) is 6.54 Å². The summed E-state index contributed by atoms with van der Waals surface area (Å²) in [6.45, 7) is 2.47. The van der Waals surface area contributed by atoms with Crippen LogP contribution in [0.15, 0.2) is 54.6 Å². The van der Waals surface area contributed by atoms with E-state index in [-0.39, 0.29) is 23.8 Å². The van der Waals surface area contributed by atoms with Gasteiger partial charge < -0.3 is 15.0 Å². The van der Waals surface area contributed by atoms with Crippen molar-refractivity contribution < 1.29 is 9.90 Å². The first kappa shape index (κ1) is 16.6. The lowest BCUT2D eigenvalue weighted by molar-refractivity contribution is -0.148. The lowest BCUT2D eigenvalue weighted by Gasteiger charge is -2.46. The van der Waals surface area contributed by atoms with Crippen LogP contribution in [0.5, 0.6) is 0 Å². The summed E-state index contributed by atoms with van der Waals surface area (Å²) in [5.41, 5.74) is 4.81. The minimum Gasteiger partial charge on any atom is -0.393 e. The van der Waals surface area contributed by atoms with Crippen LogP contribution in [-0.4, -0.2) is 33.5 Å². The molecule has 1 saturated heterocycles. The van der Waals surface area contributed by atoms with Crippen molar-refractivity contribution >= 4 is 16.8 Å². The Morgan fingerprint density at radius 1 is 1.11 bits per heavy atom. The summed E-state index contributed by atoms with van der Waals surface area (Å²) >= 11 is 0. The van der Waals surface area contributed by atoms with Gasteiger partial charge in [0.1, 0.15) is 0 Å². The third-order valence-corrected chi connectivity index (χ3v) is 6.39. The Morgan fingerprint density at radius 3 is 2.63 bits per heavy atom. The average Bonchev–Trinajstić information content (AvgIpc) is 3.07. The maximum Gasteiger partial charge on any atom is 0.229 e. The largest absolute Gasteiger partial charge is 0.393 e. The monoisotopic (exact) mass is 360 g/mol. The molecule has 27 heavy (non-hydrogen) atoms. The highest BCUT2D eigenvalue weighted by Crippen LogP contribution is 2.47. The van der Waals surface area contributed by atoms with Crippen LogP contribution in [0.25, 0.3) is 10.9 Å². The van der Waals surface area contributed by atoms with E-state index in [4.69, 9.17) is 0 Å². The molecule has 0 aliphatic carbocycles. The molecule has 1 amide bonds. The van der Waals surface area contributed by atoms with Gasteiger partial charge in [0.15, 0.2) is 0 Å². The van der Waals surface area contributed by atoms with Crippen LogP contribution in [0.1, 0.15) is 42.1 Å². The molecular weight excluding hydrogens is 336 g/mol. The fourth-order valence-corrected chi connectivity index (χ4v) is 5.16. The van der Waals surface area contributed by atoms with E-state index in [1.807, 2.05) is 29.2 Å². The van der Waals surface area contributed by atoms with E-state index < -0.39 is 6.10 Å². The molecule has 138 valence electrons. The molecule has 3 heterocycles. The molecule has 1 fully saturated rings. The van der Waals surface area contributed by atoms with Crippen molar-refractivity contribution in [3.8, 4) is 0 Å². The molecule has 0 spiro atoms. The summed E-state index contributed by atoms with van der Waals surface area (Å²) in [4.78, 5) is 19.0. The third-order valence-electron chi connectivity index (χ3n) is 6.39. The van der Waals surface area contributed by atoms with Crippen LogP contribution in [0, 0.1) is 5.92 Å². The highest BCUT2D eigenvalue weighted by molar-refractivity contribution is 5.87. The topological polar surface area (TPSA) is 56.3 Å². The number of benzene rings is 2.